The van der Waals surface area contributed by atoms with E-state index in [9.17, 15) is 13.2 Å². The topological polar surface area (TPSA) is 69.7 Å². The van der Waals surface area contributed by atoms with Gasteiger partial charge in [0, 0.05) is 0 Å². The Kier molecular flexibility index (Phi) is 5.05. The van der Waals surface area contributed by atoms with Gasteiger partial charge in [0.25, 0.3) is 0 Å². The van der Waals surface area contributed by atoms with Crippen LogP contribution in [0.1, 0.15) is 16.7 Å². The minimum absolute atomic E-state index is 0.126. The lowest BCUT2D eigenvalue weighted by Crippen LogP contribution is -2.11. The Hall–Kier alpha value is -2.34. The van der Waals surface area contributed by atoms with E-state index in [2.05, 4.69) is 4.74 Å². The van der Waals surface area contributed by atoms with Crippen LogP contribution in [0.2, 0.25) is 0 Å². The molecule has 2 rings (SSSR count). The molecule has 0 amide bonds. The molecule has 0 heterocycles. The molecule has 0 aromatic heterocycles. The monoisotopic (exact) mass is 334 g/mol. The van der Waals surface area contributed by atoms with Gasteiger partial charge < -0.3 is 8.92 Å². The molecule has 5 nitrogen and oxygen atoms in total. The average molecular weight is 334 g/mol. The fourth-order valence-corrected chi connectivity index (χ4v) is 3.30. The van der Waals surface area contributed by atoms with Crippen molar-refractivity contribution in [1.29, 1.82) is 0 Å². The zero-order chi connectivity index (χ0) is 17.0. The van der Waals surface area contributed by atoms with Crippen LogP contribution in [0.4, 0.5) is 0 Å². The Balaban J connectivity index is 2.19. The third kappa shape index (κ3) is 4.32. The Bertz CT molecular complexity index is 807. The quantitative estimate of drug-likeness (QED) is 0.621. The van der Waals surface area contributed by atoms with Crippen molar-refractivity contribution in [2.45, 2.75) is 25.2 Å². The van der Waals surface area contributed by atoms with E-state index in [1.54, 1.807) is 31.2 Å². The highest BCUT2D eigenvalue weighted by atomic mass is 32.2. The van der Waals surface area contributed by atoms with Gasteiger partial charge in [-0.05, 0) is 43.2 Å². The summed E-state index contributed by atoms with van der Waals surface area (Å²) in [5.74, 6) is -0.167. The Labute approximate surface area is 136 Å². The molecule has 0 N–H and O–H groups in total. The van der Waals surface area contributed by atoms with E-state index in [1.165, 1.54) is 25.3 Å². The second-order valence-electron chi connectivity index (χ2n) is 5.20. The molecule has 0 aliphatic carbocycles. The zero-order valence-electron chi connectivity index (χ0n) is 13.2. The average Bonchev–Trinajstić information content (AvgIpc) is 2.48. The van der Waals surface area contributed by atoms with E-state index < -0.39 is 10.1 Å². The van der Waals surface area contributed by atoms with Gasteiger partial charge in [-0.15, -0.1) is 0 Å². The van der Waals surface area contributed by atoms with Crippen molar-refractivity contribution in [2.75, 3.05) is 7.11 Å². The predicted octanol–water partition coefficient (Wildman–Crippen LogP) is 2.79. The number of carbonyl (C=O) groups excluding carboxylic acids is 1. The van der Waals surface area contributed by atoms with Crippen molar-refractivity contribution < 1.29 is 22.1 Å². The van der Waals surface area contributed by atoms with Gasteiger partial charge in [-0.2, -0.15) is 8.42 Å². The maximum Gasteiger partial charge on any atom is 0.339 e. The number of hydrogen-bond acceptors (Lipinski definition) is 5. The number of rotatable bonds is 5. The zero-order valence-corrected chi connectivity index (χ0v) is 14.0. The van der Waals surface area contributed by atoms with Crippen molar-refractivity contribution in [3.63, 3.8) is 0 Å². The third-order valence-corrected chi connectivity index (χ3v) is 4.71. The fourth-order valence-electron chi connectivity index (χ4n) is 2.15. The molecule has 122 valence electrons. The molecule has 0 fully saturated rings. The Morgan fingerprint density at radius 1 is 1.04 bits per heavy atom. The highest BCUT2D eigenvalue weighted by molar-refractivity contribution is 7.87. The molecule has 0 saturated carbocycles. The van der Waals surface area contributed by atoms with Crippen LogP contribution in [-0.2, 0) is 26.1 Å². The number of carbonyl (C=O) groups is 1. The Morgan fingerprint density at radius 2 is 1.70 bits per heavy atom. The number of aryl methyl sites for hydroxylation is 2. The molecule has 0 bridgehead atoms. The summed E-state index contributed by atoms with van der Waals surface area (Å²) in [6.07, 6.45) is 0.126. The molecule has 23 heavy (non-hydrogen) atoms. The van der Waals surface area contributed by atoms with E-state index in [0.717, 1.165) is 5.56 Å². The summed E-state index contributed by atoms with van der Waals surface area (Å²) in [6.45, 7) is 3.62. The third-order valence-electron chi connectivity index (χ3n) is 3.31. The summed E-state index contributed by atoms with van der Waals surface area (Å²) in [7, 11) is -2.58. The van der Waals surface area contributed by atoms with Crippen LogP contribution >= 0.6 is 0 Å². The summed E-state index contributed by atoms with van der Waals surface area (Å²) in [6, 6.07) is 11.3. The molecule has 0 spiro atoms. The first-order valence-electron chi connectivity index (χ1n) is 6.99. The number of methoxy groups -OCH3 is 1. The van der Waals surface area contributed by atoms with Gasteiger partial charge in [-0.25, -0.2) is 0 Å². The van der Waals surface area contributed by atoms with E-state index in [-0.39, 0.29) is 23.0 Å². The highest BCUT2D eigenvalue weighted by Crippen LogP contribution is 2.22. The van der Waals surface area contributed by atoms with Crippen molar-refractivity contribution in [2.24, 2.45) is 0 Å². The van der Waals surface area contributed by atoms with Crippen LogP contribution in [0, 0.1) is 13.8 Å². The van der Waals surface area contributed by atoms with E-state index in [0.29, 0.717) is 11.1 Å². The van der Waals surface area contributed by atoms with Gasteiger partial charge in [0.05, 0.1) is 13.5 Å². The summed E-state index contributed by atoms with van der Waals surface area (Å²) in [5, 5.41) is 0. The van der Waals surface area contributed by atoms with Crippen LogP contribution < -0.4 is 4.18 Å². The SMILES string of the molecule is COC(=O)Cc1ccc(OS(=O)(=O)c2ccc(C)cc2C)cc1. The lowest BCUT2D eigenvalue weighted by atomic mass is 10.1. The second kappa shape index (κ2) is 6.83. The maximum atomic E-state index is 12.3. The molecular formula is C17H18O5S. The first-order valence-corrected chi connectivity index (χ1v) is 8.40. The number of hydrogen-bond donors (Lipinski definition) is 0. The first kappa shape index (κ1) is 17.0. The molecule has 0 aliphatic heterocycles. The summed E-state index contributed by atoms with van der Waals surface area (Å²) in [5.41, 5.74) is 2.33. The minimum atomic E-state index is -3.89. The first-order chi connectivity index (χ1) is 10.8. The summed E-state index contributed by atoms with van der Waals surface area (Å²) >= 11 is 0. The molecule has 2 aromatic carbocycles. The van der Waals surface area contributed by atoms with Gasteiger partial charge in [0.15, 0.2) is 0 Å². The number of benzene rings is 2. The minimum Gasteiger partial charge on any atom is -0.469 e. The van der Waals surface area contributed by atoms with E-state index in [4.69, 9.17) is 4.18 Å². The van der Waals surface area contributed by atoms with E-state index in [1.807, 2.05) is 6.92 Å². The standard InChI is InChI=1S/C17H18O5S/c1-12-4-9-16(13(2)10-12)23(19,20)22-15-7-5-14(6-8-15)11-17(18)21-3/h4-10H,11H2,1-3H3. The lowest BCUT2D eigenvalue weighted by Gasteiger charge is -2.10. The highest BCUT2D eigenvalue weighted by Gasteiger charge is 2.19. The predicted molar refractivity (Wildman–Crippen MR) is 85.9 cm³/mol. The van der Waals surface area contributed by atoms with Gasteiger partial charge in [0.1, 0.15) is 10.6 Å². The van der Waals surface area contributed by atoms with Crippen molar-refractivity contribution in [1.82, 2.24) is 0 Å². The van der Waals surface area contributed by atoms with Crippen molar-refractivity contribution in [3.05, 3.63) is 59.2 Å². The molecule has 0 atom stereocenters. The normalized spacial score (nSPS) is 11.1. The molecule has 0 aliphatic rings. The summed E-state index contributed by atoms with van der Waals surface area (Å²) < 4.78 is 34.4. The molecule has 0 radical (unpaired) electrons. The van der Waals surface area contributed by atoms with Gasteiger partial charge in [-0.3, -0.25) is 4.79 Å². The van der Waals surface area contributed by atoms with Crippen LogP contribution in [0.5, 0.6) is 5.75 Å². The smallest absolute Gasteiger partial charge is 0.339 e. The van der Waals surface area contributed by atoms with Crippen LogP contribution in [0.15, 0.2) is 47.4 Å². The molecular weight excluding hydrogens is 316 g/mol. The van der Waals surface area contributed by atoms with Gasteiger partial charge in [-0.1, -0.05) is 29.8 Å². The molecule has 2 aromatic rings. The van der Waals surface area contributed by atoms with E-state index >= 15 is 0 Å². The van der Waals surface area contributed by atoms with Gasteiger partial charge >= 0.3 is 16.1 Å². The second-order valence-corrected chi connectivity index (χ2v) is 6.72. The largest absolute Gasteiger partial charge is 0.469 e. The fraction of sp³-hybridized carbons (Fsp3) is 0.235. The van der Waals surface area contributed by atoms with Crippen molar-refractivity contribution in [3.8, 4) is 5.75 Å². The molecule has 6 heteroatoms. The van der Waals surface area contributed by atoms with Gasteiger partial charge in [0.2, 0.25) is 0 Å². The van der Waals surface area contributed by atoms with Crippen molar-refractivity contribution >= 4 is 16.1 Å². The lowest BCUT2D eigenvalue weighted by molar-refractivity contribution is -0.139. The Morgan fingerprint density at radius 3 is 2.26 bits per heavy atom. The molecule has 0 saturated heterocycles. The van der Waals surface area contributed by atoms with Crippen LogP contribution in [0.25, 0.3) is 0 Å². The summed E-state index contributed by atoms with van der Waals surface area (Å²) in [4.78, 5) is 11.3. The molecule has 0 unspecified atom stereocenters. The number of esters is 1. The van der Waals surface area contributed by atoms with Crippen LogP contribution in [0.3, 0.4) is 0 Å². The van der Waals surface area contributed by atoms with Crippen LogP contribution in [-0.4, -0.2) is 21.5 Å². The maximum absolute atomic E-state index is 12.3. The number of ether oxygens (including phenoxy) is 1.